The fourth-order valence-corrected chi connectivity index (χ4v) is 4.58. The van der Waals surface area contributed by atoms with E-state index in [2.05, 4.69) is 13.2 Å². The summed E-state index contributed by atoms with van der Waals surface area (Å²) in [6.45, 7) is 8.65. The van der Waals surface area contributed by atoms with Crippen molar-refractivity contribution in [3.05, 3.63) is 23.0 Å². The van der Waals surface area contributed by atoms with Gasteiger partial charge in [-0.3, -0.25) is 19.4 Å². The Morgan fingerprint density at radius 3 is 1.55 bits per heavy atom. The van der Waals surface area contributed by atoms with Gasteiger partial charge in [0.1, 0.15) is 8.64 Å². The van der Waals surface area contributed by atoms with E-state index in [0.717, 1.165) is 9.81 Å². The van der Waals surface area contributed by atoms with Crippen LogP contribution >= 0.6 is 48.0 Å². The lowest BCUT2D eigenvalue weighted by atomic mass is 10.1. The maximum Gasteiger partial charge on any atom is 0.228 e. The second-order valence-electron chi connectivity index (χ2n) is 4.98. The first kappa shape index (κ1) is 17.7. The third-order valence-electron chi connectivity index (χ3n) is 3.21. The van der Waals surface area contributed by atoms with E-state index < -0.39 is 0 Å². The van der Waals surface area contributed by atoms with Crippen LogP contribution < -0.4 is 0 Å². The molecule has 0 atom stereocenters. The summed E-state index contributed by atoms with van der Waals surface area (Å²) in [5, 5.41) is 0. The van der Waals surface area contributed by atoms with Crippen molar-refractivity contribution in [2.24, 2.45) is 0 Å². The predicted octanol–water partition coefficient (Wildman–Crippen LogP) is 3.29. The van der Waals surface area contributed by atoms with Crippen molar-refractivity contribution in [2.75, 3.05) is 13.1 Å². The Labute approximate surface area is 149 Å². The summed E-state index contributed by atoms with van der Waals surface area (Å²) in [4.78, 5) is 29.1. The fraction of sp³-hybridized carbons (Fsp3) is 0.429. The number of nitrogens with zero attached hydrogens (tertiary/aromatic N) is 2. The molecule has 22 heavy (non-hydrogen) atoms. The number of rotatable bonds is 5. The van der Waals surface area contributed by atoms with E-state index in [9.17, 15) is 9.59 Å². The molecule has 2 saturated heterocycles. The zero-order valence-corrected chi connectivity index (χ0v) is 15.3. The highest BCUT2D eigenvalue weighted by Crippen LogP contribution is 2.29. The van der Waals surface area contributed by atoms with Gasteiger partial charge >= 0.3 is 0 Å². The van der Waals surface area contributed by atoms with Crippen molar-refractivity contribution < 1.29 is 9.59 Å². The molecule has 2 aliphatic rings. The van der Waals surface area contributed by atoms with Gasteiger partial charge < -0.3 is 0 Å². The molecule has 0 saturated carbocycles. The maximum atomic E-state index is 12.1. The van der Waals surface area contributed by atoms with E-state index in [1.807, 2.05) is 0 Å². The van der Waals surface area contributed by atoms with Crippen LogP contribution in [0.3, 0.4) is 0 Å². The molecule has 8 heteroatoms. The molecule has 4 nitrogen and oxygen atoms in total. The van der Waals surface area contributed by atoms with Crippen LogP contribution in [0.5, 0.6) is 0 Å². The Morgan fingerprint density at radius 1 is 0.909 bits per heavy atom. The van der Waals surface area contributed by atoms with Crippen molar-refractivity contribution in [1.82, 2.24) is 9.80 Å². The van der Waals surface area contributed by atoms with Crippen LogP contribution in [0.1, 0.15) is 25.7 Å². The lowest BCUT2D eigenvalue weighted by Gasteiger charge is -2.15. The van der Waals surface area contributed by atoms with Crippen LogP contribution in [-0.4, -0.2) is 43.3 Å². The molecule has 2 fully saturated rings. The van der Waals surface area contributed by atoms with Crippen LogP contribution in [0.4, 0.5) is 0 Å². The molecule has 0 aromatic heterocycles. The molecule has 2 amide bonds. The quantitative estimate of drug-likeness (QED) is 0.545. The van der Waals surface area contributed by atoms with Crippen LogP contribution in [-0.2, 0) is 9.59 Å². The van der Waals surface area contributed by atoms with E-state index in [1.54, 1.807) is 9.80 Å². The molecule has 0 aromatic rings. The number of thioether (sulfide) groups is 2. The van der Waals surface area contributed by atoms with Gasteiger partial charge in [-0.1, -0.05) is 61.1 Å². The van der Waals surface area contributed by atoms with Crippen molar-refractivity contribution >= 4 is 68.4 Å². The van der Waals surface area contributed by atoms with Gasteiger partial charge in [-0.2, -0.15) is 0 Å². The largest absolute Gasteiger partial charge is 0.292 e. The van der Waals surface area contributed by atoms with E-state index >= 15 is 0 Å². The molecule has 0 aliphatic carbocycles. The molecule has 0 bridgehead atoms. The normalized spacial score (nSPS) is 18.5. The molecule has 118 valence electrons. The molecule has 0 N–H and O–H groups in total. The molecular weight excluding hydrogens is 356 g/mol. The topological polar surface area (TPSA) is 40.6 Å². The summed E-state index contributed by atoms with van der Waals surface area (Å²) in [5.74, 6) is 0.00783. The third-order valence-corrected chi connectivity index (χ3v) is 5.77. The Morgan fingerprint density at radius 2 is 1.27 bits per heavy atom. The smallest absolute Gasteiger partial charge is 0.228 e. The first-order valence-corrected chi connectivity index (χ1v) is 9.23. The van der Waals surface area contributed by atoms with E-state index in [0.29, 0.717) is 47.4 Å². The minimum Gasteiger partial charge on any atom is -0.292 e. The van der Waals surface area contributed by atoms with E-state index in [4.69, 9.17) is 24.4 Å². The van der Waals surface area contributed by atoms with Gasteiger partial charge in [0.2, 0.25) is 11.8 Å². The Kier molecular flexibility index (Phi) is 6.19. The second kappa shape index (κ2) is 7.72. The van der Waals surface area contributed by atoms with E-state index in [1.165, 1.54) is 23.5 Å². The fourth-order valence-electron chi connectivity index (χ4n) is 2.11. The highest BCUT2D eigenvalue weighted by molar-refractivity contribution is 8.26. The Bertz CT molecular complexity index is 523. The highest BCUT2D eigenvalue weighted by Gasteiger charge is 2.27. The van der Waals surface area contributed by atoms with Gasteiger partial charge in [-0.25, -0.2) is 0 Å². The third kappa shape index (κ3) is 4.41. The summed E-state index contributed by atoms with van der Waals surface area (Å²) < 4.78 is 1.15. The Balaban J connectivity index is 1.69. The van der Waals surface area contributed by atoms with Crippen LogP contribution in [0.2, 0.25) is 0 Å². The molecule has 0 unspecified atom stereocenters. The highest BCUT2D eigenvalue weighted by atomic mass is 32.2. The average molecular weight is 373 g/mol. The van der Waals surface area contributed by atoms with Crippen molar-refractivity contribution in [3.8, 4) is 0 Å². The predicted molar refractivity (Wildman–Crippen MR) is 101 cm³/mol. The van der Waals surface area contributed by atoms with Gasteiger partial charge in [-0.05, 0) is 12.8 Å². The van der Waals surface area contributed by atoms with Gasteiger partial charge in [0.05, 0.1) is 13.1 Å². The summed E-state index contributed by atoms with van der Waals surface area (Å²) in [6, 6.07) is 0. The number of unbranched alkanes of at least 4 members (excludes halogenated alkanes) is 1. The molecule has 2 heterocycles. The average Bonchev–Trinajstić information content (AvgIpc) is 2.96. The number of thiocarbonyl (C=S) groups is 2. The monoisotopic (exact) mass is 372 g/mol. The molecule has 0 aromatic carbocycles. The van der Waals surface area contributed by atoms with Gasteiger partial charge in [-0.15, -0.1) is 0 Å². The maximum absolute atomic E-state index is 12.1. The minimum atomic E-state index is 0.00391. The van der Waals surface area contributed by atoms with E-state index in [-0.39, 0.29) is 11.8 Å². The number of carbonyl (C=O) groups is 2. The summed E-state index contributed by atoms with van der Waals surface area (Å²) in [6.07, 6.45) is 2.12. The number of hydrogen-bond donors (Lipinski definition) is 0. The summed E-state index contributed by atoms with van der Waals surface area (Å²) >= 11 is 13.0. The first-order valence-electron chi connectivity index (χ1n) is 6.78. The number of hydrogen-bond acceptors (Lipinski definition) is 6. The number of amides is 2. The molecule has 2 rings (SSSR count). The van der Waals surface area contributed by atoms with Gasteiger partial charge in [0.25, 0.3) is 0 Å². The number of carbonyl (C=O) groups excluding carboxylic acids is 2. The van der Waals surface area contributed by atoms with Gasteiger partial charge in [0.15, 0.2) is 0 Å². The summed E-state index contributed by atoms with van der Waals surface area (Å²) in [5.41, 5.74) is 0. The molecule has 2 aliphatic heterocycles. The van der Waals surface area contributed by atoms with Crippen molar-refractivity contribution in [2.45, 2.75) is 25.7 Å². The minimum absolute atomic E-state index is 0.00391. The molecular formula is C14H16N2O2S4. The zero-order chi connectivity index (χ0) is 16.3. The van der Waals surface area contributed by atoms with Crippen LogP contribution in [0, 0.1) is 0 Å². The summed E-state index contributed by atoms with van der Waals surface area (Å²) in [7, 11) is 0. The Hall–Kier alpha value is -0.700. The van der Waals surface area contributed by atoms with Crippen molar-refractivity contribution in [3.63, 3.8) is 0 Å². The lowest BCUT2D eigenvalue weighted by Crippen LogP contribution is -2.31. The lowest BCUT2D eigenvalue weighted by molar-refractivity contribution is -0.128. The first-order chi connectivity index (χ1) is 10.4. The molecule has 0 radical (unpaired) electrons. The van der Waals surface area contributed by atoms with Gasteiger partial charge in [0, 0.05) is 22.7 Å². The van der Waals surface area contributed by atoms with Crippen LogP contribution in [0.15, 0.2) is 23.0 Å². The zero-order valence-electron chi connectivity index (χ0n) is 12.0. The molecule has 0 spiro atoms. The standard InChI is InChI=1S/C14H16N2O2S4/c1-9-7-15(13(19)21-9)11(17)5-3-4-6-12(18)16-8-10(2)22-14(16)20/h1-8H2. The SMILES string of the molecule is C=C1CN(C(=O)CCCCC(=O)N2CC(=C)SC2=S)C(=S)S1. The van der Waals surface area contributed by atoms with Crippen LogP contribution in [0.25, 0.3) is 0 Å². The second-order valence-corrected chi connectivity index (χ2v) is 8.61. The van der Waals surface area contributed by atoms with Crippen molar-refractivity contribution in [1.29, 1.82) is 0 Å².